The average molecular weight is 421 g/mol. The molecule has 158 valence electrons. The summed E-state index contributed by atoms with van der Waals surface area (Å²) < 4.78 is 63.7. The number of amides is 1. The van der Waals surface area contributed by atoms with Gasteiger partial charge in [0.15, 0.2) is 9.84 Å². The second-order valence-electron chi connectivity index (χ2n) is 8.30. The lowest BCUT2D eigenvalue weighted by atomic mass is 9.85. The number of hydrogen-bond donors (Lipinski definition) is 1. The van der Waals surface area contributed by atoms with E-state index < -0.39 is 33.2 Å². The molecule has 1 fully saturated rings. The van der Waals surface area contributed by atoms with Crippen molar-refractivity contribution in [3.8, 4) is 0 Å². The number of nitrogens with zero attached hydrogens (tertiary/aromatic N) is 1. The lowest BCUT2D eigenvalue weighted by Crippen LogP contribution is -2.52. The maximum Gasteiger partial charge on any atom is 0.416 e. The third kappa shape index (κ3) is 5.40. The van der Waals surface area contributed by atoms with Crippen LogP contribution in [-0.2, 0) is 16.0 Å². The van der Waals surface area contributed by atoms with Gasteiger partial charge in [0.1, 0.15) is 0 Å². The monoisotopic (exact) mass is 421 g/mol. The maximum atomic E-state index is 12.8. The van der Waals surface area contributed by atoms with Crippen LogP contribution >= 0.6 is 0 Å². The van der Waals surface area contributed by atoms with Crippen LogP contribution in [0.3, 0.4) is 0 Å². The summed E-state index contributed by atoms with van der Waals surface area (Å²) in [4.78, 5) is 12.7. The minimum atomic E-state index is -4.60. The number of rotatable bonds is 4. The van der Waals surface area contributed by atoms with Gasteiger partial charge in [-0.15, -0.1) is 0 Å². The van der Waals surface area contributed by atoms with Crippen LogP contribution in [-0.4, -0.2) is 41.9 Å². The summed E-state index contributed by atoms with van der Waals surface area (Å²) in [6.45, 7) is 5.43. The number of hydrogen-bond acceptors (Lipinski definition) is 3. The predicted octanol–water partition coefficient (Wildman–Crippen LogP) is 4.82. The van der Waals surface area contributed by atoms with Gasteiger partial charge in [-0.2, -0.15) is 13.2 Å². The molecular weight excluding hydrogens is 395 g/mol. The van der Waals surface area contributed by atoms with E-state index in [9.17, 15) is 31.5 Å². The van der Waals surface area contributed by atoms with E-state index in [1.165, 1.54) is 11.0 Å². The van der Waals surface area contributed by atoms with Gasteiger partial charge < -0.3 is 10.0 Å². The van der Waals surface area contributed by atoms with Gasteiger partial charge in [-0.1, -0.05) is 6.07 Å². The van der Waals surface area contributed by atoms with Crippen LogP contribution in [0.4, 0.5) is 18.0 Å². The lowest BCUT2D eigenvalue weighted by Gasteiger charge is -2.42. The minimum Gasteiger partial charge on any atom is -0.465 e. The van der Waals surface area contributed by atoms with E-state index in [1.54, 1.807) is 0 Å². The first-order chi connectivity index (χ1) is 12.7. The number of alkyl halides is 3. The third-order valence-corrected chi connectivity index (χ3v) is 6.97. The molecule has 1 saturated carbocycles. The molecule has 0 radical (unpaired) electrons. The topological polar surface area (TPSA) is 74.7 Å². The molecule has 1 N–H and O–H groups in total. The third-order valence-electron chi connectivity index (χ3n) is 5.09. The number of benzene rings is 1. The first-order valence-electron chi connectivity index (χ1n) is 9.14. The van der Waals surface area contributed by atoms with Crippen molar-refractivity contribution in [2.45, 2.75) is 69.1 Å². The molecular formula is C19H26F3NO4S. The highest BCUT2D eigenvalue weighted by molar-refractivity contribution is 7.91. The van der Waals surface area contributed by atoms with E-state index in [1.807, 2.05) is 20.8 Å². The number of halogens is 3. The minimum absolute atomic E-state index is 0.190. The Morgan fingerprint density at radius 1 is 1.14 bits per heavy atom. The van der Waals surface area contributed by atoms with Crippen molar-refractivity contribution >= 4 is 15.9 Å². The number of carboxylic acid groups (broad SMARTS) is 1. The Labute approximate surface area is 163 Å². The van der Waals surface area contributed by atoms with Crippen LogP contribution < -0.4 is 0 Å². The number of carbonyl (C=O) groups is 1. The van der Waals surface area contributed by atoms with E-state index >= 15 is 0 Å². The lowest BCUT2D eigenvalue weighted by molar-refractivity contribution is -0.137. The molecule has 1 aliphatic rings. The zero-order chi connectivity index (χ0) is 21.3. The van der Waals surface area contributed by atoms with Crippen LogP contribution in [0, 0.1) is 5.92 Å². The van der Waals surface area contributed by atoms with E-state index in [-0.39, 0.29) is 22.6 Å². The second kappa shape index (κ2) is 7.93. The van der Waals surface area contributed by atoms with Gasteiger partial charge in [-0.3, -0.25) is 0 Å². The summed E-state index contributed by atoms with van der Waals surface area (Å²) in [7, 11) is -3.86. The Morgan fingerprint density at radius 2 is 1.71 bits per heavy atom. The summed E-state index contributed by atoms with van der Waals surface area (Å²) in [6, 6.07) is 3.61. The molecule has 9 heteroatoms. The molecule has 0 heterocycles. The molecule has 1 aliphatic carbocycles. The summed E-state index contributed by atoms with van der Waals surface area (Å²) in [5, 5.41) is 9.49. The van der Waals surface area contributed by atoms with Crippen molar-refractivity contribution in [3.63, 3.8) is 0 Å². The SMILES string of the molecule is CC(C)(C)N(C(=O)O)[C@H]1CC[C@@H](CS(=O)(=O)c2cccc(C(F)(F)F)c2)CC1. The van der Waals surface area contributed by atoms with Crippen molar-refractivity contribution in [2.75, 3.05) is 5.75 Å². The van der Waals surface area contributed by atoms with Crippen LogP contribution in [0.1, 0.15) is 52.0 Å². The standard InChI is InChI=1S/C19H26F3NO4S/c1-18(2,3)23(17(24)25)15-9-7-13(8-10-15)12-28(26,27)16-6-4-5-14(11-16)19(20,21)22/h4-6,11,13,15H,7-10,12H2,1-3H3,(H,24,25)/t13-,15+. The second-order valence-corrected chi connectivity index (χ2v) is 10.3. The van der Waals surface area contributed by atoms with E-state index in [0.717, 1.165) is 12.1 Å². The Morgan fingerprint density at radius 3 is 2.18 bits per heavy atom. The fraction of sp³-hybridized carbons (Fsp3) is 0.632. The molecule has 2 rings (SSSR count). The van der Waals surface area contributed by atoms with Gasteiger partial charge >= 0.3 is 12.3 Å². The summed E-state index contributed by atoms with van der Waals surface area (Å²) in [5.41, 5.74) is -1.55. The Hall–Kier alpha value is -1.77. The normalized spacial score (nSPS) is 21.4. The fourth-order valence-electron chi connectivity index (χ4n) is 3.83. The highest BCUT2D eigenvalue weighted by atomic mass is 32.2. The van der Waals surface area contributed by atoms with Crippen molar-refractivity contribution < 1.29 is 31.5 Å². The highest BCUT2D eigenvalue weighted by Crippen LogP contribution is 2.34. The van der Waals surface area contributed by atoms with Crippen LogP contribution in [0.2, 0.25) is 0 Å². The number of sulfone groups is 1. The molecule has 0 bridgehead atoms. The highest BCUT2D eigenvalue weighted by Gasteiger charge is 2.37. The molecule has 0 atom stereocenters. The molecule has 0 aromatic heterocycles. The molecule has 0 spiro atoms. The Balaban J connectivity index is 2.07. The van der Waals surface area contributed by atoms with Crippen molar-refractivity contribution in [1.29, 1.82) is 0 Å². The molecule has 0 saturated heterocycles. The van der Waals surface area contributed by atoms with Crippen LogP contribution in [0.25, 0.3) is 0 Å². The molecule has 0 unspecified atom stereocenters. The predicted molar refractivity (Wildman–Crippen MR) is 98.9 cm³/mol. The van der Waals surface area contributed by atoms with Crippen LogP contribution in [0.15, 0.2) is 29.2 Å². The first kappa shape index (κ1) is 22.5. The molecule has 1 amide bonds. The maximum absolute atomic E-state index is 12.8. The van der Waals surface area contributed by atoms with E-state index in [4.69, 9.17) is 0 Å². The molecule has 1 aromatic rings. The zero-order valence-electron chi connectivity index (χ0n) is 16.2. The van der Waals surface area contributed by atoms with Gasteiger partial charge in [0, 0.05) is 11.6 Å². The quantitative estimate of drug-likeness (QED) is 0.757. The fourth-order valence-corrected chi connectivity index (χ4v) is 5.57. The van der Waals surface area contributed by atoms with Crippen molar-refractivity contribution in [2.24, 2.45) is 5.92 Å². The smallest absolute Gasteiger partial charge is 0.416 e. The van der Waals surface area contributed by atoms with Crippen molar-refractivity contribution in [3.05, 3.63) is 29.8 Å². The summed E-state index contributed by atoms with van der Waals surface area (Å²) >= 11 is 0. The van der Waals surface area contributed by atoms with Gasteiger partial charge in [0.05, 0.1) is 16.2 Å². The summed E-state index contributed by atoms with van der Waals surface area (Å²) in [6.07, 6.45) is -3.51. The Kier molecular flexibility index (Phi) is 6.37. The zero-order valence-corrected chi connectivity index (χ0v) is 17.0. The first-order valence-corrected chi connectivity index (χ1v) is 10.8. The van der Waals surface area contributed by atoms with Gasteiger partial charge in [-0.05, 0) is 70.6 Å². The van der Waals surface area contributed by atoms with E-state index in [0.29, 0.717) is 31.7 Å². The molecule has 0 aliphatic heterocycles. The van der Waals surface area contributed by atoms with Crippen molar-refractivity contribution in [1.82, 2.24) is 4.90 Å². The van der Waals surface area contributed by atoms with Crippen LogP contribution in [0.5, 0.6) is 0 Å². The van der Waals surface area contributed by atoms with Gasteiger partial charge in [0.25, 0.3) is 0 Å². The van der Waals surface area contributed by atoms with E-state index in [2.05, 4.69) is 0 Å². The largest absolute Gasteiger partial charge is 0.465 e. The van der Waals surface area contributed by atoms with Gasteiger partial charge in [0.2, 0.25) is 0 Å². The Bertz CT molecular complexity index is 807. The average Bonchev–Trinajstić information content (AvgIpc) is 2.54. The molecule has 28 heavy (non-hydrogen) atoms. The van der Waals surface area contributed by atoms with Gasteiger partial charge in [-0.25, -0.2) is 13.2 Å². The summed E-state index contributed by atoms with van der Waals surface area (Å²) in [5.74, 6) is -0.435. The molecule has 5 nitrogen and oxygen atoms in total. The molecule has 1 aromatic carbocycles.